The van der Waals surface area contributed by atoms with Gasteiger partial charge < -0.3 is 23.9 Å². The number of nitrogens with zero attached hydrogens (tertiary/aromatic N) is 1. The molecule has 0 aliphatic carbocycles. The Kier molecular flexibility index (Phi) is 8.89. The van der Waals surface area contributed by atoms with Crippen LogP contribution < -0.4 is 10.1 Å². The monoisotopic (exact) mass is 576 g/mol. The Hall–Kier alpha value is -4.40. The fourth-order valence-electron chi connectivity index (χ4n) is 4.38. The number of carbonyl (C=O) groups excluding carboxylic acids is 2. The van der Waals surface area contributed by atoms with Crippen LogP contribution in [0, 0.1) is 12.7 Å². The molecule has 0 spiro atoms. The maximum absolute atomic E-state index is 15.8. The van der Waals surface area contributed by atoms with E-state index in [9.17, 15) is 9.59 Å². The van der Waals surface area contributed by atoms with Gasteiger partial charge >= 0.3 is 12.1 Å². The second-order valence-electron chi connectivity index (χ2n) is 12.0. The highest BCUT2D eigenvalue weighted by molar-refractivity contribution is 5.91. The first-order valence-corrected chi connectivity index (χ1v) is 13.8. The van der Waals surface area contributed by atoms with E-state index >= 15 is 4.39 Å². The predicted molar refractivity (Wildman–Crippen MR) is 158 cm³/mol. The van der Waals surface area contributed by atoms with E-state index in [2.05, 4.69) is 10.3 Å². The molecule has 3 aromatic carbocycles. The molecule has 1 amide bonds. The number of oxazole rings is 1. The van der Waals surface area contributed by atoms with Gasteiger partial charge in [-0.2, -0.15) is 0 Å². The number of aryl methyl sites for hydroxylation is 1. The summed E-state index contributed by atoms with van der Waals surface area (Å²) in [5.74, 6) is 0.138. The number of nitrogens with one attached hydrogen (secondary N) is 1. The summed E-state index contributed by atoms with van der Waals surface area (Å²) in [6, 6.07) is 15.9. The van der Waals surface area contributed by atoms with Gasteiger partial charge in [0.05, 0.1) is 6.42 Å². The molecular weight excluding hydrogens is 539 g/mol. The number of aromatic nitrogens is 1. The van der Waals surface area contributed by atoms with Gasteiger partial charge in [0.25, 0.3) is 0 Å². The zero-order valence-electron chi connectivity index (χ0n) is 25.1. The van der Waals surface area contributed by atoms with Gasteiger partial charge in [-0.25, -0.2) is 14.2 Å². The molecule has 1 N–H and O–H groups in total. The van der Waals surface area contributed by atoms with Gasteiger partial charge in [0.1, 0.15) is 34.9 Å². The molecule has 0 saturated heterocycles. The first-order valence-electron chi connectivity index (χ1n) is 13.8. The Balaban J connectivity index is 1.60. The SMILES string of the molecule is Cc1nc2cc(COc3ccccc3CC(=O)OC(C)(C)C)cc(-c3cccc(CNC(=O)OC(C)(C)C)c3F)c2o1. The van der Waals surface area contributed by atoms with Gasteiger partial charge in [-0.15, -0.1) is 0 Å². The van der Waals surface area contributed by atoms with Crippen molar-refractivity contribution in [1.29, 1.82) is 0 Å². The molecule has 0 aliphatic rings. The van der Waals surface area contributed by atoms with Crippen LogP contribution in [0.4, 0.5) is 9.18 Å². The number of hydrogen-bond donors (Lipinski definition) is 1. The molecule has 4 aromatic rings. The second-order valence-corrected chi connectivity index (χ2v) is 12.0. The van der Waals surface area contributed by atoms with E-state index in [-0.39, 0.29) is 25.5 Å². The lowest BCUT2D eigenvalue weighted by molar-refractivity contribution is -0.153. The summed E-state index contributed by atoms with van der Waals surface area (Å²) in [5, 5.41) is 2.61. The zero-order chi connectivity index (χ0) is 30.7. The van der Waals surface area contributed by atoms with Crippen LogP contribution in [0.3, 0.4) is 0 Å². The maximum atomic E-state index is 15.8. The highest BCUT2D eigenvalue weighted by Gasteiger charge is 2.21. The first-order chi connectivity index (χ1) is 19.7. The Labute approximate surface area is 245 Å². The number of para-hydroxylation sites is 1. The minimum atomic E-state index is -0.668. The average molecular weight is 577 g/mol. The van der Waals surface area contributed by atoms with Crippen LogP contribution in [0.5, 0.6) is 5.75 Å². The fraction of sp³-hybridized carbons (Fsp3) is 0.364. The van der Waals surface area contributed by atoms with E-state index < -0.39 is 23.1 Å². The summed E-state index contributed by atoms with van der Waals surface area (Å²) in [7, 11) is 0. The Bertz CT molecular complexity index is 1600. The molecule has 0 fully saturated rings. The van der Waals surface area contributed by atoms with Crippen molar-refractivity contribution < 1.29 is 32.6 Å². The van der Waals surface area contributed by atoms with Crippen LogP contribution >= 0.6 is 0 Å². The maximum Gasteiger partial charge on any atom is 0.407 e. The van der Waals surface area contributed by atoms with E-state index in [1.807, 2.05) is 45.0 Å². The average Bonchev–Trinajstić information content (AvgIpc) is 3.25. The summed E-state index contributed by atoms with van der Waals surface area (Å²) in [6.45, 7) is 12.6. The molecule has 0 saturated carbocycles. The highest BCUT2D eigenvalue weighted by atomic mass is 19.1. The number of ether oxygens (including phenoxy) is 3. The van der Waals surface area contributed by atoms with Crippen molar-refractivity contribution in [1.82, 2.24) is 10.3 Å². The standard InChI is InChI=1S/C33H37FN2O6/c1-20-36-26-16-21(19-39-27-14-9-8-11-22(27)17-28(37)41-32(2,3)4)15-25(30(26)40-20)24-13-10-12-23(29(24)34)18-35-31(38)42-33(5,6)7/h8-16H,17-19H2,1-7H3,(H,35,38). The largest absolute Gasteiger partial charge is 0.489 e. The number of rotatable bonds is 8. The number of fused-ring (bicyclic) bond motifs is 1. The normalized spacial score (nSPS) is 11.8. The lowest BCUT2D eigenvalue weighted by atomic mass is 9.99. The van der Waals surface area contributed by atoms with E-state index in [1.165, 1.54) is 0 Å². The third-order valence-corrected chi connectivity index (χ3v) is 5.97. The molecule has 0 radical (unpaired) electrons. The van der Waals surface area contributed by atoms with Crippen LogP contribution in [0.1, 0.15) is 64.1 Å². The topological polar surface area (TPSA) is 99.9 Å². The number of hydrogen-bond acceptors (Lipinski definition) is 7. The van der Waals surface area contributed by atoms with Gasteiger partial charge in [-0.05, 0) is 65.3 Å². The molecule has 4 rings (SSSR count). The molecule has 8 nitrogen and oxygen atoms in total. The van der Waals surface area contributed by atoms with Crippen molar-refractivity contribution in [3.8, 4) is 16.9 Å². The third-order valence-electron chi connectivity index (χ3n) is 5.97. The first kappa shape index (κ1) is 30.6. The summed E-state index contributed by atoms with van der Waals surface area (Å²) in [4.78, 5) is 29.1. The van der Waals surface area contributed by atoms with Crippen LogP contribution in [0.2, 0.25) is 0 Å². The summed E-state index contributed by atoms with van der Waals surface area (Å²) >= 11 is 0. The quantitative estimate of drug-likeness (QED) is 0.218. The van der Waals surface area contributed by atoms with Crippen LogP contribution in [0.15, 0.2) is 59.0 Å². The van der Waals surface area contributed by atoms with E-state index in [0.717, 1.165) is 5.56 Å². The molecule has 0 bridgehead atoms. The number of benzene rings is 3. The molecule has 9 heteroatoms. The van der Waals surface area contributed by atoms with Gasteiger partial charge in [0.15, 0.2) is 11.5 Å². The van der Waals surface area contributed by atoms with Gasteiger partial charge in [-0.3, -0.25) is 4.79 Å². The molecule has 0 unspecified atom stereocenters. The minimum absolute atomic E-state index is 0.0512. The van der Waals surface area contributed by atoms with Gasteiger partial charge in [-0.1, -0.05) is 36.4 Å². The van der Waals surface area contributed by atoms with Crippen molar-refractivity contribution in [3.05, 3.63) is 83.0 Å². The zero-order valence-corrected chi connectivity index (χ0v) is 25.1. The summed E-state index contributed by atoms with van der Waals surface area (Å²) < 4.78 is 38.6. The predicted octanol–water partition coefficient (Wildman–Crippen LogP) is 7.43. The lowest BCUT2D eigenvalue weighted by Gasteiger charge is -2.20. The molecular formula is C33H37FN2O6. The Morgan fingerprint density at radius 2 is 1.60 bits per heavy atom. The third kappa shape index (κ3) is 8.09. The van der Waals surface area contributed by atoms with Gasteiger partial charge in [0, 0.05) is 35.7 Å². The molecule has 0 atom stereocenters. The molecule has 1 aromatic heterocycles. The van der Waals surface area contributed by atoms with E-state index in [0.29, 0.717) is 45.0 Å². The molecule has 1 heterocycles. The lowest BCUT2D eigenvalue weighted by Crippen LogP contribution is -2.32. The summed E-state index contributed by atoms with van der Waals surface area (Å²) in [5.41, 5.74) is 2.26. The number of amides is 1. The highest BCUT2D eigenvalue weighted by Crippen LogP contribution is 2.34. The Morgan fingerprint density at radius 3 is 2.31 bits per heavy atom. The van der Waals surface area contributed by atoms with E-state index in [1.54, 1.807) is 58.0 Å². The van der Waals surface area contributed by atoms with Crippen molar-refractivity contribution in [3.63, 3.8) is 0 Å². The Morgan fingerprint density at radius 1 is 0.905 bits per heavy atom. The molecule has 0 aliphatic heterocycles. The smallest absolute Gasteiger partial charge is 0.407 e. The van der Waals surface area contributed by atoms with Crippen LogP contribution in [-0.4, -0.2) is 28.2 Å². The van der Waals surface area contributed by atoms with Crippen molar-refractivity contribution in [2.24, 2.45) is 0 Å². The van der Waals surface area contributed by atoms with Crippen molar-refractivity contribution in [2.75, 3.05) is 0 Å². The number of carbonyl (C=O) groups is 2. The minimum Gasteiger partial charge on any atom is -0.489 e. The van der Waals surface area contributed by atoms with Crippen molar-refractivity contribution in [2.45, 2.75) is 79.2 Å². The van der Waals surface area contributed by atoms with Crippen molar-refractivity contribution >= 4 is 23.2 Å². The number of alkyl carbamates (subject to hydrolysis) is 1. The molecule has 42 heavy (non-hydrogen) atoms. The number of esters is 1. The fourth-order valence-corrected chi connectivity index (χ4v) is 4.38. The molecule has 222 valence electrons. The van der Waals surface area contributed by atoms with E-state index in [4.69, 9.17) is 18.6 Å². The summed E-state index contributed by atoms with van der Waals surface area (Å²) in [6.07, 6.45) is -0.568. The van der Waals surface area contributed by atoms with Crippen LogP contribution in [0.25, 0.3) is 22.2 Å². The second kappa shape index (κ2) is 12.2. The number of halogens is 1. The van der Waals surface area contributed by atoms with Gasteiger partial charge in [0.2, 0.25) is 0 Å². The van der Waals surface area contributed by atoms with Crippen LogP contribution in [-0.2, 0) is 33.8 Å².